The molecule has 3 aliphatic heterocycles. The Bertz CT molecular complexity index is 1390. The number of ether oxygens (including phenoxy) is 5. The largest absolute Gasteiger partial charge is 0.489 e. The number of Topliss-reactive ketones (excluding diaryl/α,β-unsaturated/α-hetero) is 1. The van der Waals surface area contributed by atoms with E-state index in [0.717, 1.165) is 0 Å². The minimum atomic E-state index is -1.94. The van der Waals surface area contributed by atoms with Gasteiger partial charge in [0, 0.05) is 41.9 Å². The molecule has 0 amide bonds. The summed E-state index contributed by atoms with van der Waals surface area (Å²) in [6.45, 7) is 11.7. The number of aliphatic hydroxyl groups excluding tert-OH is 1. The third-order valence-electron chi connectivity index (χ3n) is 12.9. The molecular formula is C30H36O10. The molecule has 4 aliphatic carbocycles. The molecule has 4 heterocycles. The van der Waals surface area contributed by atoms with Gasteiger partial charge in [-0.2, -0.15) is 0 Å². The number of esters is 1. The summed E-state index contributed by atoms with van der Waals surface area (Å²) in [5.41, 5.74) is -8.27. The van der Waals surface area contributed by atoms with Gasteiger partial charge in [-0.25, -0.2) is 0 Å². The fourth-order valence-corrected chi connectivity index (χ4v) is 11.6. The second kappa shape index (κ2) is 6.70. The van der Waals surface area contributed by atoms with Gasteiger partial charge in [-0.1, -0.05) is 27.4 Å². The topological polar surface area (TPSA) is 134 Å². The van der Waals surface area contributed by atoms with Crippen molar-refractivity contribution in [1.29, 1.82) is 0 Å². The van der Waals surface area contributed by atoms with Gasteiger partial charge in [0.15, 0.2) is 17.5 Å². The molecule has 4 saturated carbocycles. The minimum Gasteiger partial charge on any atom is -0.489 e. The highest BCUT2D eigenvalue weighted by Gasteiger charge is 3.03. The minimum absolute atomic E-state index is 0.00771. The highest BCUT2D eigenvalue weighted by molar-refractivity contribution is 6.00. The van der Waals surface area contributed by atoms with Crippen LogP contribution in [-0.2, 0) is 28.5 Å². The Morgan fingerprint density at radius 2 is 1.85 bits per heavy atom. The van der Waals surface area contributed by atoms with Crippen molar-refractivity contribution in [3.63, 3.8) is 0 Å². The maximum absolute atomic E-state index is 14.2. The molecule has 7 aliphatic rings. The van der Waals surface area contributed by atoms with Crippen molar-refractivity contribution in [2.45, 2.75) is 100 Å². The predicted octanol–water partition coefficient (Wildman–Crippen LogP) is 2.86. The van der Waals surface area contributed by atoms with Gasteiger partial charge < -0.3 is 38.3 Å². The number of hydrogen-bond acceptors (Lipinski definition) is 10. The Labute approximate surface area is 231 Å². The van der Waals surface area contributed by atoms with Crippen LogP contribution in [0.2, 0.25) is 0 Å². The van der Waals surface area contributed by atoms with Crippen LogP contribution < -0.4 is 0 Å². The first-order valence-corrected chi connectivity index (χ1v) is 14.1. The average molecular weight is 557 g/mol. The van der Waals surface area contributed by atoms with E-state index in [1.807, 2.05) is 20.8 Å². The predicted molar refractivity (Wildman–Crippen MR) is 134 cm³/mol. The summed E-state index contributed by atoms with van der Waals surface area (Å²) in [4.78, 5) is 27.1. The lowest BCUT2D eigenvalue weighted by Crippen LogP contribution is -2.93. The van der Waals surface area contributed by atoms with E-state index in [1.54, 1.807) is 13.0 Å². The summed E-state index contributed by atoms with van der Waals surface area (Å²) in [5, 5.41) is 25.1. The SMILES string of the molecule is C=C1CC2C(C)(C(=O)c3ccoc3)CCC34OC5(C)OC23C(O1)C1(O)C(O)C2(C)CC1(O5)C4(C)C2CC(=O)OC. The van der Waals surface area contributed by atoms with E-state index in [0.29, 0.717) is 24.2 Å². The lowest BCUT2D eigenvalue weighted by atomic mass is 9.33. The molecule has 3 spiro atoms. The molecule has 3 saturated heterocycles. The van der Waals surface area contributed by atoms with Crippen LogP contribution in [0.3, 0.4) is 0 Å². The average Bonchev–Trinajstić information content (AvgIpc) is 3.59. The maximum atomic E-state index is 14.2. The number of hydrogen-bond donors (Lipinski definition) is 2. The van der Waals surface area contributed by atoms with E-state index in [-0.39, 0.29) is 25.0 Å². The van der Waals surface area contributed by atoms with Crippen molar-refractivity contribution in [3.8, 4) is 0 Å². The molecule has 2 N–H and O–H groups in total. The smallest absolute Gasteiger partial charge is 0.305 e. The number of rotatable bonds is 4. The Morgan fingerprint density at radius 1 is 1.12 bits per heavy atom. The van der Waals surface area contributed by atoms with Gasteiger partial charge in [-0.3, -0.25) is 9.59 Å². The van der Waals surface area contributed by atoms with Crippen molar-refractivity contribution < 1.29 is 47.9 Å². The van der Waals surface area contributed by atoms with E-state index in [2.05, 4.69) is 6.58 Å². The van der Waals surface area contributed by atoms with E-state index in [9.17, 15) is 19.8 Å². The van der Waals surface area contributed by atoms with Crippen LogP contribution in [0.4, 0.5) is 0 Å². The zero-order chi connectivity index (χ0) is 28.5. The highest BCUT2D eigenvalue weighted by Crippen LogP contribution is 2.89. The van der Waals surface area contributed by atoms with Crippen LogP contribution in [0.25, 0.3) is 0 Å². The number of allylic oxidation sites excluding steroid dienone is 1. The maximum Gasteiger partial charge on any atom is 0.305 e. The van der Waals surface area contributed by atoms with Gasteiger partial charge in [0.25, 0.3) is 5.97 Å². The van der Waals surface area contributed by atoms with E-state index < -0.39 is 74.6 Å². The van der Waals surface area contributed by atoms with E-state index >= 15 is 0 Å². The van der Waals surface area contributed by atoms with E-state index in [1.165, 1.54) is 19.6 Å². The van der Waals surface area contributed by atoms with Gasteiger partial charge in [0.2, 0.25) is 0 Å². The van der Waals surface area contributed by atoms with Crippen molar-refractivity contribution >= 4 is 11.8 Å². The van der Waals surface area contributed by atoms with Gasteiger partial charge in [0.05, 0.1) is 30.8 Å². The Balaban J connectivity index is 1.43. The second-order valence-corrected chi connectivity index (χ2v) is 14.1. The summed E-state index contributed by atoms with van der Waals surface area (Å²) in [6.07, 6.45) is 1.89. The summed E-state index contributed by atoms with van der Waals surface area (Å²) in [7, 11) is 1.35. The molecule has 7 fully saturated rings. The number of furan rings is 1. The summed E-state index contributed by atoms with van der Waals surface area (Å²) >= 11 is 0. The summed E-state index contributed by atoms with van der Waals surface area (Å²) in [5.74, 6) is -2.72. The molecule has 10 nitrogen and oxygen atoms in total. The monoisotopic (exact) mass is 556 g/mol. The van der Waals surface area contributed by atoms with Crippen molar-refractivity contribution in [2.24, 2.45) is 28.1 Å². The highest BCUT2D eigenvalue weighted by atomic mass is 16.9. The molecule has 8 rings (SSSR count). The second-order valence-electron chi connectivity index (χ2n) is 14.1. The lowest BCUT2D eigenvalue weighted by Gasteiger charge is -2.77. The molecule has 0 aromatic carbocycles. The zero-order valence-corrected chi connectivity index (χ0v) is 23.4. The number of methoxy groups -OCH3 is 1. The third kappa shape index (κ3) is 2.09. The van der Waals surface area contributed by atoms with Gasteiger partial charge in [-0.15, -0.1) is 0 Å². The zero-order valence-electron chi connectivity index (χ0n) is 23.4. The fraction of sp³-hybridized carbons (Fsp3) is 0.733. The quantitative estimate of drug-likeness (QED) is 0.421. The summed E-state index contributed by atoms with van der Waals surface area (Å²) in [6, 6.07) is 1.65. The number of aliphatic hydroxyl groups is 2. The van der Waals surface area contributed by atoms with Gasteiger partial charge in [0.1, 0.15) is 23.1 Å². The van der Waals surface area contributed by atoms with Crippen molar-refractivity contribution in [2.75, 3.05) is 7.11 Å². The molecule has 12 unspecified atom stereocenters. The first-order chi connectivity index (χ1) is 18.7. The van der Waals surface area contributed by atoms with Gasteiger partial charge in [-0.05, 0) is 31.2 Å². The van der Waals surface area contributed by atoms with Gasteiger partial charge >= 0.3 is 5.97 Å². The molecule has 40 heavy (non-hydrogen) atoms. The van der Waals surface area contributed by atoms with Crippen LogP contribution in [0.1, 0.15) is 70.2 Å². The van der Waals surface area contributed by atoms with Crippen LogP contribution >= 0.6 is 0 Å². The molecular weight excluding hydrogens is 520 g/mol. The normalized spacial score (nSPS) is 58.0. The number of carbonyl (C=O) groups is 2. The first-order valence-electron chi connectivity index (χ1n) is 14.1. The molecule has 216 valence electrons. The Morgan fingerprint density at radius 3 is 2.52 bits per heavy atom. The molecule has 1 aromatic rings. The number of ketones is 1. The molecule has 4 bridgehead atoms. The Kier molecular flexibility index (Phi) is 4.27. The molecule has 10 heteroatoms. The summed E-state index contributed by atoms with van der Waals surface area (Å²) < 4.78 is 37.6. The number of fused-ring (bicyclic) bond motifs is 3. The van der Waals surface area contributed by atoms with Crippen LogP contribution in [0, 0.1) is 28.1 Å². The molecule has 12 atom stereocenters. The standard InChI is InChI=1S/C30H36O10/c1-15-11-18-23(2,20(32)16-7-10-36-13-16)8-9-27-25(4)17(12-19(31)35-6)24(3)14-28(25)29(34,21(24)33)22(37-15)30(18,27)40-26(5,38-27)39-28/h7,10,13,17-18,21-22,33-34H,1,8-9,11-12,14H2,2-6H3. The lowest BCUT2D eigenvalue weighted by molar-refractivity contribution is -0.479. The van der Waals surface area contributed by atoms with Crippen LogP contribution in [-0.4, -0.2) is 69.7 Å². The third-order valence-corrected chi connectivity index (χ3v) is 12.9. The van der Waals surface area contributed by atoms with Crippen molar-refractivity contribution in [3.05, 3.63) is 36.5 Å². The van der Waals surface area contributed by atoms with Crippen LogP contribution in [0.15, 0.2) is 35.3 Å². The fourth-order valence-electron chi connectivity index (χ4n) is 11.6. The Hall–Kier alpha value is -2.24. The molecule has 0 radical (unpaired) electrons. The van der Waals surface area contributed by atoms with Crippen molar-refractivity contribution in [1.82, 2.24) is 0 Å². The molecule has 1 aromatic heterocycles. The number of carbonyl (C=O) groups excluding carboxylic acids is 2. The van der Waals surface area contributed by atoms with Crippen LogP contribution in [0.5, 0.6) is 0 Å². The van der Waals surface area contributed by atoms with E-state index in [4.69, 9.17) is 28.1 Å². The first kappa shape index (κ1) is 25.5.